The van der Waals surface area contributed by atoms with E-state index in [-0.39, 0.29) is 36.1 Å². The first-order valence-electron chi connectivity index (χ1n) is 8.75. The van der Waals surface area contributed by atoms with Crippen LogP contribution in [-0.2, 0) is 26.0 Å². The van der Waals surface area contributed by atoms with Crippen molar-refractivity contribution in [1.29, 1.82) is 0 Å². The minimum absolute atomic E-state index is 0.166. The molecule has 9 heteroatoms. The molecule has 0 aliphatic heterocycles. The molecule has 0 atom stereocenters. The minimum Gasteiger partial charge on any atom is -0.466 e. The zero-order chi connectivity index (χ0) is 21.0. The Bertz CT molecular complexity index is 1120. The summed E-state index contributed by atoms with van der Waals surface area (Å²) < 4.78 is 50.0. The number of ether oxygens (including phenoxy) is 1. The highest BCUT2D eigenvalue weighted by Gasteiger charge is 2.22. The third kappa shape index (κ3) is 5.20. The van der Waals surface area contributed by atoms with Crippen LogP contribution >= 0.6 is 0 Å². The van der Waals surface area contributed by atoms with E-state index < -0.39 is 21.8 Å². The number of carbonyl (C=O) groups is 1. The number of sulfonamides is 1. The Kier molecular flexibility index (Phi) is 5.97. The molecule has 1 aromatic heterocycles. The van der Waals surface area contributed by atoms with E-state index in [0.29, 0.717) is 11.1 Å². The number of nitrogens with zero attached hydrogens (tertiary/aromatic N) is 1. The maximum Gasteiger partial charge on any atom is 0.312 e. The SMILES string of the molecule is CCOC(=O)Cc1nc(-c2ccc(F)cc2)oc1-c1ccccc1NS(C)(=O)=O. The lowest BCUT2D eigenvalue weighted by molar-refractivity contribution is -0.142. The Balaban J connectivity index is 2.11. The number of benzene rings is 2. The van der Waals surface area contributed by atoms with Crippen LogP contribution in [0, 0.1) is 5.82 Å². The predicted molar refractivity (Wildman–Crippen MR) is 106 cm³/mol. The van der Waals surface area contributed by atoms with Gasteiger partial charge in [0.05, 0.1) is 30.7 Å². The number of carbonyl (C=O) groups excluding carboxylic acids is 1. The predicted octanol–water partition coefficient (Wildman–Crippen LogP) is 3.62. The number of oxazole rings is 1. The molecule has 0 radical (unpaired) electrons. The average Bonchev–Trinajstić information content (AvgIpc) is 3.05. The Morgan fingerprint density at radius 1 is 1.17 bits per heavy atom. The molecular formula is C20H19FN2O5S. The van der Waals surface area contributed by atoms with Gasteiger partial charge in [0.15, 0.2) is 5.76 Å². The van der Waals surface area contributed by atoms with Crippen LogP contribution in [-0.4, -0.2) is 32.2 Å². The molecule has 0 saturated carbocycles. The van der Waals surface area contributed by atoms with Gasteiger partial charge in [0.25, 0.3) is 0 Å². The number of hydrogen-bond donors (Lipinski definition) is 1. The summed E-state index contributed by atoms with van der Waals surface area (Å²) in [7, 11) is -3.55. The van der Waals surface area contributed by atoms with Crippen LogP contribution in [0.3, 0.4) is 0 Å². The maximum absolute atomic E-state index is 13.2. The second-order valence-electron chi connectivity index (χ2n) is 6.20. The monoisotopic (exact) mass is 418 g/mol. The van der Waals surface area contributed by atoms with E-state index in [2.05, 4.69) is 9.71 Å². The van der Waals surface area contributed by atoms with Crippen molar-refractivity contribution in [2.45, 2.75) is 13.3 Å². The zero-order valence-electron chi connectivity index (χ0n) is 15.8. The van der Waals surface area contributed by atoms with Gasteiger partial charge in [0.2, 0.25) is 15.9 Å². The molecule has 152 valence electrons. The van der Waals surface area contributed by atoms with Gasteiger partial charge in [0, 0.05) is 11.1 Å². The summed E-state index contributed by atoms with van der Waals surface area (Å²) in [6.07, 6.45) is 0.870. The summed E-state index contributed by atoms with van der Waals surface area (Å²) in [5.41, 5.74) is 1.49. The summed E-state index contributed by atoms with van der Waals surface area (Å²) in [6, 6.07) is 12.1. The van der Waals surface area contributed by atoms with E-state index in [0.717, 1.165) is 6.26 Å². The largest absolute Gasteiger partial charge is 0.466 e. The Labute approximate surface area is 167 Å². The van der Waals surface area contributed by atoms with Crippen LogP contribution in [0.5, 0.6) is 0 Å². The molecule has 0 spiro atoms. The number of halogens is 1. The number of hydrogen-bond acceptors (Lipinski definition) is 6. The first-order chi connectivity index (χ1) is 13.8. The Morgan fingerprint density at radius 3 is 2.52 bits per heavy atom. The van der Waals surface area contributed by atoms with Gasteiger partial charge in [-0.1, -0.05) is 12.1 Å². The summed E-state index contributed by atoms with van der Waals surface area (Å²) in [5.74, 6) is -0.506. The van der Waals surface area contributed by atoms with E-state index in [1.165, 1.54) is 24.3 Å². The van der Waals surface area contributed by atoms with Gasteiger partial charge in [-0.15, -0.1) is 0 Å². The lowest BCUT2D eigenvalue weighted by Gasteiger charge is -2.09. The smallest absolute Gasteiger partial charge is 0.312 e. The molecule has 29 heavy (non-hydrogen) atoms. The number of nitrogens with one attached hydrogen (secondary N) is 1. The fourth-order valence-electron chi connectivity index (χ4n) is 2.72. The van der Waals surface area contributed by atoms with Gasteiger partial charge in [-0.25, -0.2) is 17.8 Å². The number of anilines is 1. The molecule has 0 fully saturated rings. The molecule has 2 aromatic carbocycles. The lowest BCUT2D eigenvalue weighted by Crippen LogP contribution is -2.11. The molecule has 7 nitrogen and oxygen atoms in total. The number of rotatable bonds is 7. The summed E-state index contributed by atoms with van der Waals surface area (Å²) >= 11 is 0. The number of para-hydroxylation sites is 1. The maximum atomic E-state index is 13.2. The quantitative estimate of drug-likeness (QED) is 0.589. The van der Waals surface area contributed by atoms with Crippen molar-refractivity contribution in [2.75, 3.05) is 17.6 Å². The van der Waals surface area contributed by atoms with Crippen LogP contribution < -0.4 is 4.72 Å². The second kappa shape index (κ2) is 8.44. The fraction of sp³-hybridized carbons (Fsp3) is 0.200. The van der Waals surface area contributed by atoms with Crippen LogP contribution in [0.4, 0.5) is 10.1 Å². The molecule has 0 aliphatic carbocycles. The highest BCUT2D eigenvalue weighted by molar-refractivity contribution is 7.92. The Morgan fingerprint density at radius 2 is 1.86 bits per heavy atom. The first-order valence-corrected chi connectivity index (χ1v) is 10.6. The van der Waals surface area contributed by atoms with Crippen LogP contribution in [0.2, 0.25) is 0 Å². The number of esters is 1. The fourth-order valence-corrected chi connectivity index (χ4v) is 3.29. The summed E-state index contributed by atoms with van der Waals surface area (Å²) in [6.45, 7) is 1.90. The van der Waals surface area contributed by atoms with Gasteiger partial charge in [-0.05, 0) is 43.3 Å². The first kappa shape index (κ1) is 20.5. The van der Waals surface area contributed by atoms with Crippen molar-refractivity contribution in [3.05, 3.63) is 60.0 Å². The van der Waals surface area contributed by atoms with Crippen molar-refractivity contribution in [3.63, 3.8) is 0 Å². The molecule has 0 bridgehead atoms. The van der Waals surface area contributed by atoms with Gasteiger partial charge in [0.1, 0.15) is 5.82 Å². The third-order valence-electron chi connectivity index (χ3n) is 3.87. The van der Waals surface area contributed by atoms with E-state index in [9.17, 15) is 17.6 Å². The lowest BCUT2D eigenvalue weighted by atomic mass is 10.1. The highest BCUT2D eigenvalue weighted by Crippen LogP contribution is 2.35. The standard InChI is InChI=1S/C20H19FN2O5S/c1-3-27-18(24)12-17-19(15-6-4-5-7-16(15)23-29(2,25)26)28-20(22-17)13-8-10-14(21)11-9-13/h4-11,23H,3,12H2,1-2H3. The molecule has 0 unspecified atom stereocenters. The molecule has 1 heterocycles. The third-order valence-corrected chi connectivity index (χ3v) is 4.46. The van der Waals surface area contributed by atoms with E-state index >= 15 is 0 Å². The molecule has 0 saturated heterocycles. The van der Waals surface area contributed by atoms with Gasteiger partial charge in [-0.3, -0.25) is 9.52 Å². The van der Waals surface area contributed by atoms with Gasteiger partial charge in [-0.2, -0.15) is 0 Å². The van der Waals surface area contributed by atoms with Crippen LogP contribution in [0.1, 0.15) is 12.6 Å². The second-order valence-corrected chi connectivity index (χ2v) is 7.95. The highest BCUT2D eigenvalue weighted by atomic mass is 32.2. The molecule has 1 N–H and O–H groups in total. The van der Waals surface area contributed by atoms with Crippen LogP contribution in [0.25, 0.3) is 22.8 Å². The molecule has 3 rings (SSSR count). The van der Waals surface area contributed by atoms with Crippen LogP contribution in [0.15, 0.2) is 52.9 Å². The normalized spacial score (nSPS) is 11.3. The van der Waals surface area contributed by atoms with Gasteiger partial charge >= 0.3 is 5.97 Å². The molecular weight excluding hydrogens is 399 g/mol. The topological polar surface area (TPSA) is 98.5 Å². The number of aromatic nitrogens is 1. The van der Waals surface area contributed by atoms with E-state index in [1.807, 2.05) is 0 Å². The van der Waals surface area contributed by atoms with Crippen molar-refractivity contribution in [2.24, 2.45) is 0 Å². The molecule has 0 aliphatic rings. The minimum atomic E-state index is -3.55. The molecule has 3 aromatic rings. The van der Waals surface area contributed by atoms with Crippen molar-refractivity contribution in [1.82, 2.24) is 4.98 Å². The van der Waals surface area contributed by atoms with Crippen molar-refractivity contribution in [3.8, 4) is 22.8 Å². The summed E-state index contributed by atoms with van der Waals surface area (Å²) in [5, 5.41) is 0. The van der Waals surface area contributed by atoms with E-state index in [1.54, 1.807) is 31.2 Å². The summed E-state index contributed by atoms with van der Waals surface area (Å²) in [4.78, 5) is 16.4. The van der Waals surface area contributed by atoms with Crippen molar-refractivity contribution >= 4 is 21.7 Å². The van der Waals surface area contributed by atoms with Gasteiger partial charge < -0.3 is 9.15 Å². The van der Waals surface area contributed by atoms with E-state index in [4.69, 9.17) is 9.15 Å². The molecule has 0 amide bonds. The zero-order valence-corrected chi connectivity index (χ0v) is 16.6. The Hall–Kier alpha value is -3.20. The average molecular weight is 418 g/mol. The van der Waals surface area contributed by atoms with Crippen molar-refractivity contribution < 1.29 is 26.8 Å².